The average molecular weight is 379 g/mol. The first-order valence-corrected chi connectivity index (χ1v) is 9.28. The fourth-order valence-electron chi connectivity index (χ4n) is 3.89. The molecule has 1 saturated heterocycles. The second kappa shape index (κ2) is 6.35. The molecule has 3 heterocycles. The van der Waals surface area contributed by atoms with E-state index in [1.54, 1.807) is 6.26 Å². The molecule has 8 heteroatoms. The highest BCUT2D eigenvalue weighted by atomic mass is 32.2. The minimum absolute atomic E-state index is 0.0642. The molecule has 1 aromatic carbocycles. The summed E-state index contributed by atoms with van der Waals surface area (Å²) in [6.45, 7) is 4.01. The second-order valence-corrected chi connectivity index (χ2v) is 8.19. The van der Waals surface area contributed by atoms with E-state index in [0.717, 1.165) is 11.8 Å². The highest BCUT2D eigenvalue weighted by Crippen LogP contribution is 2.52. The summed E-state index contributed by atoms with van der Waals surface area (Å²) < 4.78 is 39.5. The number of hydrogen-bond acceptors (Lipinski definition) is 6. The van der Waals surface area contributed by atoms with E-state index in [1.807, 2.05) is 13.8 Å². The van der Waals surface area contributed by atoms with Gasteiger partial charge in [0.15, 0.2) is 5.17 Å². The summed E-state index contributed by atoms with van der Waals surface area (Å²) in [5.74, 6) is -0.819. The monoisotopic (exact) mass is 379 g/mol. The summed E-state index contributed by atoms with van der Waals surface area (Å²) in [5, 5.41) is 0.464. The van der Waals surface area contributed by atoms with Crippen molar-refractivity contribution in [3.8, 4) is 0 Å². The maximum atomic E-state index is 14.6. The number of hydrogen-bond donors (Lipinski definition) is 1. The van der Waals surface area contributed by atoms with Gasteiger partial charge < -0.3 is 14.9 Å². The fraction of sp³-hybridized carbons (Fsp3) is 0.444. The first-order chi connectivity index (χ1) is 12.4. The first kappa shape index (κ1) is 17.5. The van der Waals surface area contributed by atoms with Crippen LogP contribution in [0.5, 0.6) is 0 Å². The number of aryl methyl sites for hydroxylation is 1. The van der Waals surface area contributed by atoms with Crippen molar-refractivity contribution in [1.82, 2.24) is 4.98 Å². The van der Waals surface area contributed by atoms with Gasteiger partial charge in [0.1, 0.15) is 29.5 Å². The number of thioether (sulfide) groups is 1. The molecule has 2 aliphatic heterocycles. The highest BCUT2D eigenvalue weighted by molar-refractivity contribution is 8.14. The Kier molecular flexibility index (Phi) is 4.27. The van der Waals surface area contributed by atoms with E-state index in [4.69, 9.17) is 14.9 Å². The molecule has 5 nitrogen and oxygen atoms in total. The van der Waals surface area contributed by atoms with E-state index < -0.39 is 17.2 Å². The molecule has 0 spiro atoms. The van der Waals surface area contributed by atoms with Gasteiger partial charge in [-0.3, -0.25) is 0 Å². The zero-order valence-corrected chi connectivity index (χ0v) is 15.2. The second-order valence-electron chi connectivity index (χ2n) is 6.79. The van der Waals surface area contributed by atoms with Gasteiger partial charge in [0.25, 0.3) is 0 Å². The molecule has 0 bridgehead atoms. The summed E-state index contributed by atoms with van der Waals surface area (Å²) in [5.41, 5.74) is 6.12. The standard InChI is InChI=1S/C18H19F2N3O2S/c1-9-7-24-16(22-9)15-6-13-10(2)26-17(21)23-18(13,8-25-15)12-4-3-11(19)5-14(12)20/h3-5,7,10,13,15H,6,8H2,1-2H3,(H2,21,23)/t10?,13-,15+,18+/m0/s1. The van der Waals surface area contributed by atoms with Crippen molar-refractivity contribution >= 4 is 16.9 Å². The molecule has 4 atom stereocenters. The smallest absolute Gasteiger partial charge is 0.223 e. The van der Waals surface area contributed by atoms with Crippen LogP contribution in [0.4, 0.5) is 8.78 Å². The highest BCUT2D eigenvalue weighted by Gasteiger charge is 2.52. The third-order valence-corrected chi connectivity index (χ3v) is 6.11. The molecule has 26 heavy (non-hydrogen) atoms. The zero-order chi connectivity index (χ0) is 18.5. The molecular weight excluding hydrogens is 360 g/mol. The molecule has 1 unspecified atom stereocenters. The van der Waals surface area contributed by atoms with Crippen LogP contribution in [-0.2, 0) is 10.3 Å². The number of fused-ring (bicyclic) bond motifs is 1. The lowest BCUT2D eigenvalue weighted by molar-refractivity contribution is -0.0749. The van der Waals surface area contributed by atoms with Crippen LogP contribution in [0.2, 0.25) is 0 Å². The van der Waals surface area contributed by atoms with Crippen LogP contribution >= 0.6 is 11.8 Å². The topological polar surface area (TPSA) is 73.6 Å². The molecule has 1 aromatic heterocycles. The minimum atomic E-state index is -0.981. The van der Waals surface area contributed by atoms with Crippen LogP contribution in [0, 0.1) is 24.5 Å². The predicted molar refractivity (Wildman–Crippen MR) is 94.8 cm³/mol. The lowest BCUT2D eigenvalue weighted by Crippen LogP contribution is -2.51. The number of aromatic nitrogens is 1. The van der Waals surface area contributed by atoms with Gasteiger partial charge in [-0.1, -0.05) is 24.8 Å². The Bertz CT molecular complexity index is 872. The number of halogens is 2. The summed E-state index contributed by atoms with van der Waals surface area (Å²) in [7, 11) is 0. The molecule has 4 rings (SSSR count). The number of rotatable bonds is 2. The minimum Gasteiger partial charge on any atom is -0.446 e. The van der Waals surface area contributed by atoms with Gasteiger partial charge in [-0.25, -0.2) is 18.8 Å². The van der Waals surface area contributed by atoms with Crippen LogP contribution in [0.1, 0.15) is 36.6 Å². The SMILES string of the molecule is Cc1coc([C@H]2C[C@H]3C(C)SC(N)=N[C@@]3(c3ccc(F)cc3F)CO2)n1. The van der Waals surface area contributed by atoms with Crippen LogP contribution in [-0.4, -0.2) is 22.0 Å². The third-order valence-electron chi connectivity index (χ3n) is 5.08. The van der Waals surface area contributed by atoms with E-state index in [-0.39, 0.29) is 23.9 Å². The first-order valence-electron chi connectivity index (χ1n) is 8.40. The van der Waals surface area contributed by atoms with E-state index in [1.165, 1.54) is 23.9 Å². The number of benzene rings is 1. The van der Waals surface area contributed by atoms with Gasteiger partial charge in [-0.15, -0.1) is 0 Å². The van der Waals surface area contributed by atoms with Gasteiger partial charge in [0.2, 0.25) is 5.89 Å². The Balaban J connectivity index is 1.77. The summed E-state index contributed by atoms with van der Waals surface area (Å²) in [4.78, 5) is 8.95. The average Bonchev–Trinajstić information content (AvgIpc) is 3.00. The molecule has 2 aliphatic rings. The van der Waals surface area contributed by atoms with Crippen molar-refractivity contribution in [2.75, 3.05) is 6.61 Å². The Hall–Kier alpha value is -1.93. The summed E-state index contributed by atoms with van der Waals surface area (Å²) in [6.07, 6.45) is 1.81. The van der Waals surface area contributed by atoms with Crippen molar-refractivity contribution in [1.29, 1.82) is 0 Å². The summed E-state index contributed by atoms with van der Waals surface area (Å²) in [6, 6.07) is 3.56. The molecule has 2 N–H and O–H groups in total. The molecule has 0 radical (unpaired) electrons. The summed E-state index contributed by atoms with van der Waals surface area (Å²) >= 11 is 1.46. The molecule has 138 valence electrons. The van der Waals surface area contributed by atoms with E-state index >= 15 is 0 Å². The quantitative estimate of drug-likeness (QED) is 0.862. The fourth-order valence-corrected chi connectivity index (χ4v) is 4.99. The van der Waals surface area contributed by atoms with Crippen LogP contribution < -0.4 is 5.73 Å². The Morgan fingerprint density at radius 3 is 2.85 bits per heavy atom. The third kappa shape index (κ3) is 2.81. The number of amidine groups is 1. The number of nitrogens with zero attached hydrogens (tertiary/aromatic N) is 2. The van der Waals surface area contributed by atoms with E-state index in [0.29, 0.717) is 23.0 Å². The molecule has 0 amide bonds. The molecule has 0 aliphatic carbocycles. The van der Waals surface area contributed by atoms with Crippen molar-refractivity contribution in [2.24, 2.45) is 16.6 Å². The van der Waals surface area contributed by atoms with Gasteiger partial charge in [0.05, 0.1) is 12.3 Å². The maximum Gasteiger partial charge on any atom is 0.223 e. The Morgan fingerprint density at radius 2 is 2.15 bits per heavy atom. The van der Waals surface area contributed by atoms with E-state index in [9.17, 15) is 8.78 Å². The predicted octanol–water partition coefficient (Wildman–Crippen LogP) is 3.68. The number of oxazole rings is 1. The van der Waals surface area contributed by atoms with Crippen molar-refractivity contribution in [2.45, 2.75) is 37.2 Å². The van der Waals surface area contributed by atoms with Gasteiger partial charge in [-0.05, 0) is 19.4 Å². The Morgan fingerprint density at radius 1 is 1.35 bits per heavy atom. The Labute approximate surface area is 154 Å². The maximum absolute atomic E-state index is 14.6. The largest absolute Gasteiger partial charge is 0.446 e. The van der Waals surface area contributed by atoms with E-state index in [2.05, 4.69) is 9.98 Å². The number of aliphatic imine (C=N–C) groups is 1. The van der Waals surface area contributed by atoms with Gasteiger partial charge in [0, 0.05) is 22.8 Å². The normalized spacial score (nSPS) is 31.4. The number of ether oxygens (including phenoxy) is 1. The van der Waals surface area contributed by atoms with Crippen molar-refractivity contribution in [3.05, 3.63) is 53.2 Å². The molecule has 2 aromatic rings. The molecule has 1 fully saturated rings. The zero-order valence-electron chi connectivity index (χ0n) is 14.4. The van der Waals surface area contributed by atoms with Crippen LogP contribution in [0.15, 0.2) is 33.9 Å². The van der Waals surface area contributed by atoms with Crippen LogP contribution in [0.3, 0.4) is 0 Å². The lowest BCUT2D eigenvalue weighted by Gasteiger charge is -2.48. The lowest BCUT2D eigenvalue weighted by atomic mass is 9.72. The van der Waals surface area contributed by atoms with Gasteiger partial charge >= 0.3 is 0 Å². The molecular formula is C18H19F2N3O2S. The van der Waals surface area contributed by atoms with Gasteiger partial charge in [-0.2, -0.15) is 0 Å². The van der Waals surface area contributed by atoms with Crippen molar-refractivity contribution < 1.29 is 17.9 Å². The molecule has 0 saturated carbocycles. The van der Waals surface area contributed by atoms with Crippen molar-refractivity contribution in [3.63, 3.8) is 0 Å². The number of nitrogens with two attached hydrogens (primary N) is 1. The van der Waals surface area contributed by atoms with Crippen LogP contribution in [0.25, 0.3) is 0 Å².